The first-order valence-corrected chi connectivity index (χ1v) is 9.55. The van der Waals surface area contributed by atoms with Gasteiger partial charge in [-0.25, -0.2) is 0 Å². The predicted molar refractivity (Wildman–Crippen MR) is 109 cm³/mol. The number of halogens is 2. The van der Waals surface area contributed by atoms with Crippen molar-refractivity contribution in [3.05, 3.63) is 94.7 Å². The Labute approximate surface area is 166 Å². The molecule has 0 atom stereocenters. The third-order valence-corrected chi connectivity index (χ3v) is 5.40. The minimum Gasteiger partial charge on any atom is -0.275 e. The van der Waals surface area contributed by atoms with Crippen molar-refractivity contribution in [1.29, 1.82) is 0 Å². The first kappa shape index (κ1) is 17.1. The molecule has 2 aromatic carbocycles. The largest absolute Gasteiger partial charge is 0.275 e. The van der Waals surface area contributed by atoms with Gasteiger partial charge >= 0.3 is 0 Å². The number of benzene rings is 2. The Morgan fingerprint density at radius 1 is 1.18 bits per heavy atom. The zero-order valence-corrected chi connectivity index (χ0v) is 15.7. The van der Waals surface area contributed by atoms with E-state index in [-0.39, 0.29) is 0 Å². The molecule has 137 valence electrons. The summed E-state index contributed by atoms with van der Waals surface area (Å²) in [5.41, 5.74) is 5.72. The number of allylic oxidation sites excluding steroid dienone is 1. The Balaban J connectivity index is 1.84. The summed E-state index contributed by atoms with van der Waals surface area (Å²) < 4.78 is 14.2. The lowest BCUT2D eigenvalue weighted by atomic mass is 9.87. The van der Waals surface area contributed by atoms with Crippen molar-refractivity contribution in [2.24, 2.45) is 5.92 Å². The first-order chi connectivity index (χ1) is 13.7. The molecular weight excluding hydrogens is 373 g/mol. The van der Waals surface area contributed by atoms with Crippen molar-refractivity contribution >= 4 is 33.7 Å². The second-order valence-electron chi connectivity index (χ2n) is 6.97. The van der Waals surface area contributed by atoms with E-state index in [2.05, 4.69) is 21.2 Å². The number of pyridine rings is 1. The molecule has 0 saturated heterocycles. The number of aromatic amines is 1. The van der Waals surface area contributed by atoms with Gasteiger partial charge in [0.15, 0.2) is 0 Å². The summed E-state index contributed by atoms with van der Waals surface area (Å²) in [5.74, 6) is -0.0865. The van der Waals surface area contributed by atoms with Crippen LogP contribution in [-0.4, -0.2) is 15.2 Å². The van der Waals surface area contributed by atoms with Gasteiger partial charge in [-0.15, -0.1) is 5.10 Å². The molecule has 0 amide bonds. The molecule has 1 radical (unpaired) electrons. The number of rotatable bonds is 4. The molecule has 5 heteroatoms. The first-order valence-electron chi connectivity index (χ1n) is 9.17. The second-order valence-corrected chi connectivity index (χ2v) is 7.38. The monoisotopic (exact) mass is 388 g/mol. The van der Waals surface area contributed by atoms with Gasteiger partial charge in [-0.2, -0.15) is 4.39 Å². The lowest BCUT2D eigenvalue weighted by Gasteiger charge is -2.18. The van der Waals surface area contributed by atoms with Crippen LogP contribution in [0, 0.1) is 17.9 Å². The zero-order chi connectivity index (χ0) is 19.1. The highest BCUT2D eigenvalue weighted by molar-refractivity contribution is 6.32. The van der Waals surface area contributed by atoms with Crippen molar-refractivity contribution in [2.45, 2.75) is 12.8 Å². The van der Waals surface area contributed by atoms with E-state index in [0.717, 1.165) is 40.7 Å². The Kier molecular flexibility index (Phi) is 4.21. The molecule has 0 unspecified atom stereocenters. The minimum absolute atomic E-state index is 0.411. The maximum absolute atomic E-state index is 14.2. The highest BCUT2D eigenvalue weighted by Crippen LogP contribution is 2.49. The number of nitrogens with one attached hydrogen (secondary N) is 1. The highest BCUT2D eigenvalue weighted by atomic mass is 35.5. The molecule has 1 saturated carbocycles. The van der Waals surface area contributed by atoms with Gasteiger partial charge in [-0.3, -0.25) is 10.1 Å². The van der Waals surface area contributed by atoms with Gasteiger partial charge in [0.05, 0.1) is 15.9 Å². The molecule has 2 heterocycles. The maximum Gasteiger partial charge on any atom is 0.240 e. The summed E-state index contributed by atoms with van der Waals surface area (Å²) in [5, 5.41) is 7.50. The van der Waals surface area contributed by atoms with Crippen molar-refractivity contribution in [3.8, 4) is 0 Å². The molecule has 1 aliphatic carbocycles. The highest BCUT2D eigenvalue weighted by Gasteiger charge is 2.31. The number of fused-ring (bicyclic) bond motifs is 1. The molecule has 1 aliphatic rings. The Bertz CT molecular complexity index is 1190. The topological polar surface area (TPSA) is 41.6 Å². The fraction of sp³-hybridized carbons (Fsp3) is 0.130. The van der Waals surface area contributed by atoms with Crippen LogP contribution in [0.15, 0.2) is 60.9 Å². The van der Waals surface area contributed by atoms with E-state index in [9.17, 15) is 4.39 Å². The average Bonchev–Trinajstić information content (AvgIpc) is 3.50. The Hall–Kier alpha value is -2.98. The normalized spacial score (nSPS) is 14.9. The van der Waals surface area contributed by atoms with Crippen LogP contribution in [0.1, 0.15) is 29.5 Å². The van der Waals surface area contributed by atoms with E-state index in [1.54, 1.807) is 12.4 Å². The molecule has 1 N–H and O–H groups in total. The number of H-pyrrole nitrogens is 1. The van der Waals surface area contributed by atoms with Crippen LogP contribution in [0.4, 0.5) is 4.39 Å². The van der Waals surface area contributed by atoms with Crippen molar-refractivity contribution in [1.82, 2.24) is 15.2 Å². The van der Waals surface area contributed by atoms with E-state index >= 15 is 0 Å². The van der Waals surface area contributed by atoms with E-state index in [1.165, 1.54) is 0 Å². The number of aromatic nitrogens is 3. The van der Waals surface area contributed by atoms with Gasteiger partial charge in [0, 0.05) is 18.0 Å². The average molecular weight is 389 g/mol. The number of hydrogen-bond donors (Lipinski definition) is 1. The summed E-state index contributed by atoms with van der Waals surface area (Å²) in [7, 11) is 0. The Morgan fingerprint density at radius 3 is 2.82 bits per heavy atom. The number of nitrogens with zero attached hydrogens (tertiary/aromatic N) is 2. The molecule has 5 rings (SSSR count). The van der Waals surface area contributed by atoms with Crippen LogP contribution >= 0.6 is 11.6 Å². The van der Waals surface area contributed by atoms with Gasteiger partial charge in [0.25, 0.3) is 0 Å². The van der Waals surface area contributed by atoms with Crippen molar-refractivity contribution < 1.29 is 4.39 Å². The van der Waals surface area contributed by atoms with Gasteiger partial charge in [0.2, 0.25) is 5.95 Å². The van der Waals surface area contributed by atoms with Crippen LogP contribution in [0.3, 0.4) is 0 Å². The fourth-order valence-electron chi connectivity index (χ4n) is 3.67. The summed E-state index contributed by atoms with van der Waals surface area (Å²) in [6.07, 6.45) is 5.64. The minimum atomic E-state index is -0.497. The standard InChI is InChI=1S/C23H16ClFN3/c24-19-13-26-11-10-17(19)22(15-6-7-15)21(14-4-2-1-3-5-14)16-8-9-20-18(12-16)23(25)28-27-20/h1-4,8-13,15H,6-7H2,(H,27,28)/b22-21+. The summed E-state index contributed by atoms with van der Waals surface area (Å²) >= 11 is 6.53. The third-order valence-electron chi connectivity index (χ3n) is 5.10. The summed E-state index contributed by atoms with van der Waals surface area (Å²) in [6, 6.07) is 18.9. The fourth-order valence-corrected chi connectivity index (χ4v) is 3.89. The second kappa shape index (κ2) is 6.88. The zero-order valence-electron chi connectivity index (χ0n) is 14.9. The van der Waals surface area contributed by atoms with Gasteiger partial charge in [-0.1, -0.05) is 41.9 Å². The summed E-state index contributed by atoms with van der Waals surface area (Å²) in [4.78, 5) is 4.13. The van der Waals surface area contributed by atoms with Crippen LogP contribution in [0.5, 0.6) is 0 Å². The SMILES string of the molecule is Fc1n[nH]c2ccc(/C(=C(/c3ccncc3Cl)C3CC3)c3[c]cccc3)cc12. The molecule has 28 heavy (non-hydrogen) atoms. The third kappa shape index (κ3) is 3.00. The van der Waals surface area contributed by atoms with E-state index in [4.69, 9.17) is 11.6 Å². The van der Waals surface area contributed by atoms with E-state index in [0.29, 0.717) is 21.8 Å². The molecule has 0 spiro atoms. The molecule has 3 nitrogen and oxygen atoms in total. The van der Waals surface area contributed by atoms with Crippen molar-refractivity contribution in [2.75, 3.05) is 0 Å². The van der Waals surface area contributed by atoms with Gasteiger partial charge in [-0.05, 0) is 65.3 Å². The lowest BCUT2D eigenvalue weighted by Crippen LogP contribution is -1.98. The van der Waals surface area contributed by atoms with Gasteiger partial charge < -0.3 is 0 Å². The molecule has 4 aromatic rings. The molecule has 0 bridgehead atoms. The van der Waals surface area contributed by atoms with Crippen LogP contribution in [0.2, 0.25) is 5.02 Å². The van der Waals surface area contributed by atoms with Crippen molar-refractivity contribution in [3.63, 3.8) is 0 Å². The van der Waals surface area contributed by atoms with Crippen LogP contribution in [-0.2, 0) is 0 Å². The smallest absolute Gasteiger partial charge is 0.240 e. The number of hydrogen-bond acceptors (Lipinski definition) is 2. The summed E-state index contributed by atoms with van der Waals surface area (Å²) in [6.45, 7) is 0. The predicted octanol–water partition coefficient (Wildman–Crippen LogP) is 5.92. The van der Waals surface area contributed by atoms with E-state index in [1.807, 2.05) is 48.5 Å². The van der Waals surface area contributed by atoms with Crippen LogP contribution in [0.25, 0.3) is 22.0 Å². The molecule has 1 fully saturated rings. The van der Waals surface area contributed by atoms with Crippen LogP contribution < -0.4 is 0 Å². The Morgan fingerprint density at radius 2 is 2.07 bits per heavy atom. The maximum atomic E-state index is 14.2. The van der Waals surface area contributed by atoms with Gasteiger partial charge in [0.1, 0.15) is 0 Å². The molecule has 2 aromatic heterocycles. The van der Waals surface area contributed by atoms with E-state index < -0.39 is 5.95 Å². The molecule has 0 aliphatic heterocycles. The lowest BCUT2D eigenvalue weighted by molar-refractivity contribution is 0.588. The molecular formula is C23H16ClFN3. The quantitative estimate of drug-likeness (QED) is 0.471.